The second-order valence-corrected chi connectivity index (χ2v) is 5.49. The number of amides is 1. The third kappa shape index (κ3) is 4.49. The van der Waals surface area contributed by atoms with Crippen LogP contribution >= 0.6 is 15.9 Å². The van der Waals surface area contributed by atoms with Crippen LogP contribution < -0.4 is 15.8 Å². The molecule has 3 N–H and O–H groups in total. The Hall–Kier alpha value is -2.01. The van der Waals surface area contributed by atoms with Crippen LogP contribution in [0.25, 0.3) is 0 Å². The van der Waals surface area contributed by atoms with E-state index in [1.165, 1.54) is 0 Å². The van der Waals surface area contributed by atoms with Crippen molar-refractivity contribution in [2.24, 2.45) is 0 Å². The van der Waals surface area contributed by atoms with Gasteiger partial charge in [-0.15, -0.1) is 0 Å². The molecule has 0 aliphatic carbocycles. The van der Waals surface area contributed by atoms with Gasteiger partial charge in [-0.1, -0.05) is 12.1 Å². The van der Waals surface area contributed by atoms with E-state index in [1.807, 2.05) is 36.4 Å². The minimum atomic E-state index is -0.0497. The van der Waals surface area contributed by atoms with Crippen molar-refractivity contribution in [1.82, 2.24) is 0 Å². The summed E-state index contributed by atoms with van der Waals surface area (Å²) in [4.78, 5) is 12.0. The predicted octanol–water partition coefficient (Wildman–Crippen LogP) is 3.61. The first kappa shape index (κ1) is 15.4. The fourth-order valence-electron chi connectivity index (χ4n) is 1.95. The maximum Gasteiger partial charge on any atom is 0.224 e. The van der Waals surface area contributed by atoms with Crippen LogP contribution in [-0.2, 0) is 11.2 Å². The largest absolute Gasteiger partial charge is 0.497 e. The van der Waals surface area contributed by atoms with E-state index in [1.54, 1.807) is 13.2 Å². The molecule has 110 valence electrons. The number of hydrogen-bond donors (Lipinski definition) is 2. The van der Waals surface area contributed by atoms with Crippen molar-refractivity contribution < 1.29 is 9.53 Å². The monoisotopic (exact) mass is 348 g/mol. The average molecular weight is 349 g/mol. The summed E-state index contributed by atoms with van der Waals surface area (Å²) in [5.74, 6) is 0.649. The van der Waals surface area contributed by atoms with Gasteiger partial charge in [0.1, 0.15) is 5.75 Å². The van der Waals surface area contributed by atoms with E-state index >= 15 is 0 Å². The van der Waals surface area contributed by atoms with E-state index in [-0.39, 0.29) is 5.91 Å². The van der Waals surface area contributed by atoms with Gasteiger partial charge in [0.05, 0.1) is 12.8 Å². The number of halogens is 1. The number of nitrogens with two attached hydrogens (primary N) is 1. The highest BCUT2D eigenvalue weighted by Crippen LogP contribution is 2.27. The van der Waals surface area contributed by atoms with Gasteiger partial charge in [0.15, 0.2) is 0 Å². The maximum atomic E-state index is 12.0. The molecule has 0 aliphatic heterocycles. The molecule has 0 heterocycles. The molecule has 0 spiro atoms. The molecule has 5 heteroatoms. The first-order chi connectivity index (χ1) is 10.1. The van der Waals surface area contributed by atoms with E-state index in [9.17, 15) is 4.79 Å². The Morgan fingerprint density at radius 3 is 2.81 bits per heavy atom. The van der Waals surface area contributed by atoms with Gasteiger partial charge in [-0.2, -0.15) is 0 Å². The first-order valence-corrected chi connectivity index (χ1v) is 7.35. The molecule has 4 nitrogen and oxygen atoms in total. The number of benzene rings is 2. The van der Waals surface area contributed by atoms with Crippen LogP contribution in [0.3, 0.4) is 0 Å². The van der Waals surface area contributed by atoms with Crippen molar-refractivity contribution in [1.29, 1.82) is 0 Å². The molecule has 0 saturated heterocycles. The topological polar surface area (TPSA) is 64.3 Å². The summed E-state index contributed by atoms with van der Waals surface area (Å²) in [6.45, 7) is 0. The minimum Gasteiger partial charge on any atom is -0.497 e. The number of anilines is 2. The van der Waals surface area contributed by atoms with E-state index in [2.05, 4.69) is 21.2 Å². The number of aryl methyl sites for hydroxylation is 1. The number of carbonyl (C=O) groups is 1. The molecule has 0 atom stereocenters. The molecular weight excluding hydrogens is 332 g/mol. The van der Waals surface area contributed by atoms with E-state index < -0.39 is 0 Å². The molecule has 0 saturated carbocycles. The lowest BCUT2D eigenvalue weighted by atomic mass is 10.1. The van der Waals surface area contributed by atoms with Crippen molar-refractivity contribution in [3.63, 3.8) is 0 Å². The van der Waals surface area contributed by atoms with Gasteiger partial charge in [0.25, 0.3) is 0 Å². The third-order valence-corrected chi connectivity index (χ3v) is 3.73. The molecule has 1 amide bonds. The zero-order chi connectivity index (χ0) is 15.2. The van der Waals surface area contributed by atoms with Crippen molar-refractivity contribution in [3.8, 4) is 5.75 Å². The van der Waals surface area contributed by atoms with Crippen LogP contribution in [0.15, 0.2) is 46.9 Å². The van der Waals surface area contributed by atoms with Crippen LogP contribution in [0.1, 0.15) is 12.0 Å². The standard InChI is InChI=1S/C16H17BrN2O2/c1-21-13-6-7-14(17)15(10-13)19-16(20)8-5-11-3-2-4-12(18)9-11/h2-4,6-7,9-10H,5,8,18H2,1H3,(H,19,20). The summed E-state index contributed by atoms with van der Waals surface area (Å²) in [6.07, 6.45) is 1.05. The van der Waals surface area contributed by atoms with E-state index in [0.717, 1.165) is 10.0 Å². The van der Waals surface area contributed by atoms with Gasteiger partial charge in [0.2, 0.25) is 5.91 Å². The molecule has 2 rings (SSSR count). The van der Waals surface area contributed by atoms with Gasteiger partial charge in [-0.25, -0.2) is 0 Å². The molecular formula is C16H17BrN2O2. The van der Waals surface area contributed by atoms with Crippen molar-refractivity contribution in [2.45, 2.75) is 12.8 Å². The Morgan fingerprint density at radius 2 is 2.10 bits per heavy atom. The van der Waals surface area contributed by atoms with Crippen molar-refractivity contribution in [2.75, 3.05) is 18.2 Å². The predicted molar refractivity (Wildman–Crippen MR) is 88.5 cm³/mol. The Labute approximate surface area is 132 Å². The number of nitrogens with one attached hydrogen (secondary N) is 1. The zero-order valence-corrected chi connectivity index (χ0v) is 13.3. The number of ether oxygens (including phenoxy) is 1. The van der Waals surface area contributed by atoms with Crippen LogP contribution in [0.5, 0.6) is 5.75 Å². The first-order valence-electron chi connectivity index (χ1n) is 6.56. The number of methoxy groups -OCH3 is 1. The highest BCUT2D eigenvalue weighted by Gasteiger charge is 2.07. The van der Waals surface area contributed by atoms with Crippen molar-refractivity contribution in [3.05, 3.63) is 52.5 Å². The lowest BCUT2D eigenvalue weighted by Crippen LogP contribution is -2.12. The fourth-order valence-corrected chi connectivity index (χ4v) is 2.29. The molecule has 21 heavy (non-hydrogen) atoms. The summed E-state index contributed by atoms with van der Waals surface area (Å²) in [6, 6.07) is 13.0. The highest BCUT2D eigenvalue weighted by atomic mass is 79.9. The smallest absolute Gasteiger partial charge is 0.224 e. The summed E-state index contributed by atoms with van der Waals surface area (Å²) in [7, 11) is 1.59. The second kappa shape index (κ2) is 7.13. The lowest BCUT2D eigenvalue weighted by molar-refractivity contribution is -0.116. The minimum absolute atomic E-state index is 0.0497. The molecule has 0 unspecified atom stereocenters. The molecule has 0 aliphatic rings. The number of hydrogen-bond acceptors (Lipinski definition) is 3. The van der Waals surface area contributed by atoms with Gasteiger partial charge in [-0.3, -0.25) is 4.79 Å². The van der Waals surface area contributed by atoms with Crippen molar-refractivity contribution >= 4 is 33.2 Å². The Kier molecular flexibility index (Phi) is 5.22. The molecule has 2 aromatic carbocycles. The quantitative estimate of drug-likeness (QED) is 0.811. The van der Waals surface area contributed by atoms with Crippen LogP contribution in [0.4, 0.5) is 11.4 Å². The number of carbonyl (C=O) groups excluding carboxylic acids is 1. The molecule has 0 bridgehead atoms. The molecule has 0 aromatic heterocycles. The molecule has 0 fully saturated rings. The number of rotatable bonds is 5. The Morgan fingerprint density at radius 1 is 1.29 bits per heavy atom. The van der Waals surface area contributed by atoms with Gasteiger partial charge in [0, 0.05) is 22.6 Å². The van der Waals surface area contributed by atoms with Gasteiger partial charge in [-0.05, 0) is 52.2 Å². The summed E-state index contributed by atoms with van der Waals surface area (Å²) < 4.78 is 5.97. The van der Waals surface area contributed by atoms with E-state index in [0.29, 0.717) is 30.0 Å². The van der Waals surface area contributed by atoms with Crippen LogP contribution in [-0.4, -0.2) is 13.0 Å². The molecule has 2 aromatic rings. The molecule has 0 radical (unpaired) electrons. The lowest BCUT2D eigenvalue weighted by Gasteiger charge is -2.09. The fraction of sp³-hybridized carbons (Fsp3) is 0.188. The van der Waals surface area contributed by atoms with Crippen LogP contribution in [0.2, 0.25) is 0 Å². The van der Waals surface area contributed by atoms with Crippen LogP contribution in [0, 0.1) is 0 Å². The summed E-state index contributed by atoms with van der Waals surface area (Å²) in [5, 5.41) is 2.87. The second-order valence-electron chi connectivity index (χ2n) is 4.64. The SMILES string of the molecule is COc1ccc(Br)c(NC(=O)CCc2cccc(N)c2)c1. The summed E-state index contributed by atoms with van der Waals surface area (Å²) in [5.41, 5.74) is 8.18. The highest BCUT2D eigenvalue weighted by molar-refractivity contribution is 9.10. The summed E-state index contributed by atoms with van der Waals surface area (Å²) >= 11 is 3.41. The van der Waals surface area contributed by atoms with E-state index in [4.69, 9.17) is 10.5 Å². The Bertz CT molecular complexity index is 644. The van der Waals surface area contributed by atoms with Gasteiger partial charge < -0.3 is 15.8 Å². The van der Waals surface area contributed by atoms with Gasteiger partial charge >= 0.3 is 0 Å². The normalized spacial score (nSPS) is 10.2. The zero-order valence-electron chi connectivity index (χ0n) is 11.7. The third-order valence-electron chi connectivity index (χ3n) is 3.04. The Balaban J connectivity index is 1.96. The number of nitrogen functional groups attached to an aromatic ring is 1. The average Bonchev–Trinajstić information content (AvgIpc) is 2.47. The maximum absolute atomic E-state index is 12.0.